The first-order valence-corrected chi connectivity index (χ1v) is 6.54. The highest BCUT2D eigenvalue weighted by Gasteiger charge is 2.23. The largest absolute Gasteiger partial charge is 0.478 e. The van der Waals surface area contributed by atoms with Gasteiger partial charge in [-0.1, -0.05) is 12.1 Å². The summed E-state index contributed by atoms with van der Waals surface area (Å²) in [4.78, 5) is 11.4. The molecule has 108 valence electrons. The van der Waals surface area contributed by atoms with Gasteiger partial charge in [0.1, 0.15) is 0 Å². The van der Waals surface area contributed by atoms with Crippen molar-refractivity contribution in [3.05, 3.63) is 24.3 Å². The van der Waals surface area contributed by atoms with Crippen LogP contribution in [-0.2, 0) is 0 Å². The minimum atomic E-state index is 0. The molecule has 0 spiro atoms. The molecule has 1 fully saturated rings. The zero-order chi connectivity index (χ0) is 13.2. The molecule has 2 heterocycles. The molecule has 6 heteroatoms. The average molecular weight is 295 g/mol. The third-order valence-electron chi connectivity index (χ3n) is 3.63. The number of ether oxygens (including phenoxy) is 1. The monoisotopic (exact) mass is 294 g/mol. The van der Waals surface area contributed by atoms with Gasteiger partial charge in [-0.05, 0) is 25.1 Å². The van der Waals surface area contributed by atoms with Crippen molar-refractivity contribution in [2.45, 2.75) is 12.5 Å². The van der Waals surface area contributed by atoms with E-state index < -0.39 is 0 Å². The Bertz CT molecular complexity index is 586. The summed E-state index contributed by atoms with van der Waals surface area (Å²) in [7, 11) is 3.70. The van der Waals surface area contributed by atoms with E-state index in [0.29, 0.717) is 11.9 Å². The second-order valence-corrected chi connectivity index (χ2v) is 4.80. The van der Waals surface area contributed by atoms with Gasteiger partial charge in [-0.2, -0.15) is 0 Å². The van der Waals surface area contributed by atoms with Crippen molar-refractivity contribution in [3.63, 3.8) is 0 Å². The molecule has 5 nitrogen and oxygen atoms in total. The zero-order valence-electron chi connectivity index (χ0n) is 11.7. The van der Waals surface area contributed by atoms with E-state index in [1.54, 1.807) is 7.11 Å². The van der Waals surface area contributed by atoms with Crippen molar-refractivity contribution < 1.29 is 4.74 Å². The van der Waals surface area contributed by atoms with E-state index in [4.69, 9.17) is 9.72 Å². The number of para-hydroxylation sites is 2. The standard InChI is InChI=1S/C14H18N4O.ClH/c1-18(10-7-8-15-9-10)13-14(19-2)17-12-6-4-3-5-11(12)16-13;/h3-6,10,15H,7-9H2,1-2H3;1H/t10-;/m1./s1. The normalized spacial score (nSPS) is 17.8. The van der Waals surface area contributed by atoms with Crippen LogP contribution in [-0.4, -0.2) is 43.3 Å². The van der Waals surface area contributed by atoms with Crippen molar-refractivity contribution in [3.8, 4) is 5.88 Å². The van der Waals surface area contributed by atoms with Gasteiger partial charge in [0.2, 0.25) is 0 Å². The van der Waals surface area contributed by atoms with Gasteiger partial charge in [0.25, 0.3) is 5.88 Å². The van der Waals surface area contributed by atoms with E-state index in [0.717, 1.165) is 36.4 Å². The molecule has 0 saturated carbocycles. The molecule has 0 bridgehead atoms. The summed E-state index contributed by atoms with van der Waals surface area (Å²) in [6.07, 6.45) is 1.12. The molecule has 1 aliphatic rings. The molecule has 1 atom stereocenters. The van der Waals surface area contributed by atoms with Gasteiger partial charge < -0.3 is 15.0 Å². The molecule has 2 aromatic rings. The highest BCUT2D eigenvalue weighted by atomic mass is 35.5. The molecule has 20 heavy (non-hydrogen) atoms. The highest BCUT2D eigenvalue weighted by molar-refractivity contribution is 5.85. The molecule has 1 aromatic carbocycles. The molecule has 1 aromatic heterocycles. The molecule has 1 saturated heterocycles. The van der Waals surface area contributed by atoms with Crippen LogP contribution in [0.25, 0.3) is 11.0 Å². The van der Waals surface area contributed by atoms with Gasteiger partial charge in [0, 0.05) is 19.6 Å². The Morgan fingerprint density at radius 2 is 1.95 bits per heavy atom. The number of anilines is 1. The number of hydrogen-bond donors (Lipinski definition) is 1. The fourth-order valence-electron chi connectivity index (χ4n) is 2.48. The second kappa shape index (κ2) is 6.24. The fraction of sp³-hybridized carbons (Fsp3) is 0.429. The smallest absolute Gasteiger partial charge is 0.257 e. The van der Waals surface area contributed by atoms with Crippen LogP contribution >= 0.6 is 12.4 Å². The maximum Gasteiger partial charge on any atom is 0.257 e. The van der Waals surface area contributed by atoms with Crippen LogP contribution in [0.2, 0.25) is 0 Å². The van der Waals surface area contributed by atoms with Crippen molar-refractivity contribution in [1.29, 1.82) is 0 Å². The van der Waals surface area contributed by atoms with Crippen LogP contribution in [0, 0.1) is 0 Å². The van der Waals surface area contributed by atoms with Crippen molar-refractivity contribution >= 4 is 29.3 Å². The van der Waals surface area contributed by atoms with Crippen LogP contribution in [0.4, 0.5) is 5.82 Å². The van der Waals surface area contributed by atoms with Crippen LogP contribution in [0.3, 0.4) is 0 Å². The lowest BCUT2D eigenvalue weighted by Gasteiger charge is -2.25. The van der Waals surface area contributed by atoms with Crippen LogP contribution in [0.1, 0.15) is 6.42 Å². The number of hydrogen-bond acceptors (Lipinski definition) is 5. The molecule has 0 amide bonds. The Balaban J connectivity index is 0.00000147. The summed E-state index contributed by atoms with van der Waals surface area (Å²) in [5.74, 6) is 1.41. The van der Waals surface area contributed by atoms with Crippen molar-refractivity contribution in [1.82, 2.24) is 15.3 Å². The van der Waals surface area contributed by atoms with Gasteiger partial charge in [0.05, 0.1) is 18.1 Å². The first kappa shape index (κ1) is 14.8. The number of nitrogens with zero attached hydrogens (tertiary/aromatic N) is 3. The average Bonchev–Trinajstić information content (AvgIpc) is 2.99. The van der Waals surface area contributed by atoms with E-state index in [1.165, 1.54) is 0 Å². The number of methoxy groups -OCH3 is 1. The van der Waals surface area contributed by atoms with Gasteiger partial charge >= 0.3 is 0 Å². The predicted octanol–water partition coefficient (Wildman–Crippen LogP) is 1.86. The summed E-state index contributed by atoms with van der Waals surface area (Å²) < 4.78 is 5.40. The summed E-state index contributed by atoms with van der Waals surface area (Å²) in [5.41, 5.74) is 1.76. The van der Waals surface area contributed by atoms with Gasteiger partial charge in [-0.3, -0.25) is 0 Å². The highest BCUT2D eigenvalue weighted by Crippen LogP contribution is 2.28. The molecule has 3 rings (SSSR count). The predicted molar refractivity (Wildman–Crippen MR) is 83.0 cm³/mol. The summed E-state index contributed by atoms with van der Waals surface area (Å²) in [6.45, 7) is 2.03. The van der Waals surface area contributed by atoms with Crippen LogP contribution in [0.15, 0.2) is 24.3 Å². The SMILES string of the molecule is COc1nc2ccccc2nc1N(C)[C@@H]1CCNC1.Cl. The number of halogens is 1. The minimum absolute atomic E-state index is 0. The molecular weight excluding hydrogens is 276 g/mol. The maximum absolute atomic E-state index is 5.40. The lowest BCUT2D eigenvalue weighted by Crippen LogP contribution is -2.34. The summed E-state index contributed by atoms with van der Waals surface area (Å²) in [5, 5.41) is 3.37. The van der Waals surface area contributed by atoms with E-state index >= 15 is 0 Å². The Hall–Kier alpha value is -1.59. The van der Waals surface area contributed by atoms with Gasteiger partial charge in [-0.15, -0.1) is 12.4 Å². The third kappa shape index (κ3) is 2.64. The fourth-order valence-corrected chi connectivity index (χ4v) is 2.48. The van der Waals surface area contributed by atoms with Gasteiger partial charge in [-0.25, -0.2) is 9.97 Å². The molecule has 0 radical (unpaired) electrons. The maximum atomic E-state index is 5.40. The number of rotatable bonds is 3. The second-order valence-electron chi connectivity index (χ2n) is 4.80. The Kier molecular flexibility index (Phi) is 4.62. The van der Waals surface area contributed by atoms with Crippen molar-refractivity contribution in [2.75, 3.05) is 32.1 Å². The van der Waals surface area contributed by atoms with Crippen LogP contribution in [0.5, 0.6) is 5.88 Å². The topological polar surface area (TPSA) is 50.3 Å². The number of fused-ring (bicyclic) bond motifs is 1. The quantitative estimate of drug-likeness (QED) is 0.936. The summed E-state index contributed by atoms with van der Waals surface area (Å²) >= 11 is 0. The minimum Gasteiger partial charge on any atom is -0.478 e. The Labute approximate surface area is 124 Å². The number of benzene rings is 1. The Morgan fingerprint density at radius 1 is 1.25 bits per heavy atom. The van der Waals surface area contributed by atoms with Gasteiger partial charge in [0.15, 0.2) is 5.82 Å². The van der Waals surface area contributed by atoms with E-state index in [9.17, 15) is 0 Å². The molecule has 0 unspecified atom stereocenters. The number of aromatic nitrogens is 2. The number of likely N-dealkylation sites (N-methyl/N-ethyl adjacent to an activating group) is 1. The molecule has 0 aliphatic carbocycles. The molecule has 1 aliphatic heterocycles. The lowest BCUT2D eigenvalue weighted by molar-refractivity contribution is 0.396. The zero-order valence-corrected chi connectivity index (χ0v) is 12.5. The van der Waals surface area contributed by atoms with E-state index in [2.05, 4.69) is 22.2 Å². The van der Waals surface area contributed by atoms with E-state index in [1.807, 2.05) is 24.3 Å². The first-order chi connectivity index (χ1) is 9.29. The Morgan fingerprint density at radius 3 is 2.55 bits per heavy atom. The lowest BCUT2D eigenvalue weighted by atomic mass is 10.2. The third-order valence-corrected chi connectivity index (χ3v) is 3.63. The first-order valence-electron chi connectivity index (χ1n) is 6.54. The summed E-state index contributed by atoms with van der Waals surface area (Å²) in [6, 6.07) is 8.31. The van der Waals surface area contributed by atoms with Crippen molar-refractivity contribution in [2.24, 2.45) is 0 Å². The van der Waals surface area contributed by atoms with E-state index in [-0.39, 0.29) is 12.4 Å². The molecular formula is C14H19ClN4O. The number of nitrogens with one attached hydrogen (secondary N) is 1. The molecule has 1 N–H and O–H groups in total. The van der Waals surface area contributed by atoms with Crippen LogP contribution < -0.4 is 15.0 Å².